The molecule has 1 N–H and O–H groups in total. The maximum absolute atomic E-state index is 9.80. The van der Waals surface area contributed by atoms with Crippen LogP contribution in [0.5, 0.6) is 5.75 Å². The molecule has 2 fully saturated rings. The average molecular weight is 343 g/mol. The first-order valence-corrected chi connectivity index (χ1v) is 8.95. The molecule has 2 aromatic carbocycles. The number of halogens is 1. The Kier molecular flexibility index (Phi) is 4.25. The minimum atomic E-state index is 0.176. The number of nitrogens with zero attached hydrogens (tertiary/aromatic N) is 2. The number of fused-ring (bicyclic) bond motifs is 1. The summed E-state index contributed by atoms with van der Waals surface area (Å²) in [5.74, 6) is 1.54. The van der Waals surface area contributed by atoms with Crippen molar-refractivity contribution in [2.24, 2.45) is 11.8 Å². The fourth-order valence-corrected chi connectivity index (χ4v) is 4.75. The highest BCUT2D eigenvalue weighted by molar-refractivity contribution is 6.32. The molecule has 0 unspecified atom stereocenters. The lowest BCUT2D eigenvalue weighted by Gasteiger charge is -2.27. The molecule has 2 heterocycles. The summed E-state index contributed by atoms with van der Waals surface area (Å²) in [6.45, 7) is 4.14. The summed E-state index contributed by atoms with van der Waals surface area (Å²) in [7, 11) is 2.24. The lowest BCUT2D eigenvalue weighted by Crippen LogP contribution is -2.29. The van der Waals surface area contributed by atoms with Crippen molar-refractivity contribution in [2.45, 2.75) is 12.6 Å². The fraction of sp³-hybridized carbons (Fsp3) is 0.400. The van der Waals surface area contributed by atoms with Crippen LogP contribution in [0.1, 0.15) is 17.2 Å². The van der Waals surface area contributed by atoms with Crippen LogP contribution in [0.25, 0.3) is 0 Å². The molecule has 3 nitrogen and oxygen atoms in total. The highest BCUT2D eigenvalue weighted by Crippen LogP contribution is 2.44. The van der Waals surface area contributed by atoms with Gasteiger partial charge in [0.1, 0.15) is 5.75 Å². The van der Waals surface area contributed by atoms with Gasteiger partial charge in [-0.15, -0.1) is 0 Å². The minimum Gasteiger partial charge on any atom is -0.506 e. The van der Waals surface area contributed by atoms with Crippen LogP contribution in [0.15, 0.2) is 48.5 Å². The predicted octanol–water partition coefficient (Wildman–Crippen LogP) is 3.78. The van der Waals surface area contributed by atoms with Gasteiger partial charge in [-0.05, 0) is 36.1 Å². The van der Waals surface area contributed by atoms with E-state index in [2.05, 4.69) is 47.2 Å². The molecule has 0 aliphatic carbocycles. The molecule has 0 spiro atoms. The zero-order valence-corrected chi connectivity index (χ0v) is 14.7. The van der Waals surface area contributed by atoms with Crippen LogP contribution in [0, 0.1) is 11.8 Å². The van der Waals surface area contributed by atoms with Crippen LogP contribution < -0.4 is 0 Å². The number of rotatable bonds is 3. The van der Waals surface area contributed by atoms with Crippen molar-refractivity contribution < 1.29 is 5.11 Å². The maximum atomic E-state index is 9.80. The predicted molar refractivity (Wildman–Crippen MR) is 97.2 cm³/mol. The first kappa shape index (κ1) is 15.9. The summed E-state index contributed by atoms with van der Waals surface area (Å²) < 4.78 is 0. The Morgan fingerprint density at radius 2 is 1.83 bits per heavy atom. The Hall–Kier alpha value is -1.55. The number of benzene rings is 2. The molecule has 0 saturated carbocycles. The lowest BCUT2D eigenvalue weighted by atomic mass is 9.90. The molecule has 2 aromatic rings. The van der Waals surface area contributed by atoms with Crippen LogP contribution in [0.4, 0.5) is 0 Å². The van der Waals surface area contributed by atoms with Crippen LogP contribution in [-0.2, 0) is 6.54 Å². The topological polar surface area (TPSA) is 26.7 Å². The second kappa shape index (κ2) is 6.40. The van der Waals surface area contributed by atoms with Crippen molar-refractivity contribution in [3.63, 3.8) is 0 Å². The van der Waals surface area contributed by atoms with E-state index >= 15 is 0 Å². The SMILES string of the molecule is CN1C[C@H]2CN(Cc3cccc(O)c3Cl)C[C@H]2[C@@H]1c1ccccc1. The summed E-state index contributed by atoms with van der Waals surface area (Å²) >= 11 is 6.26. The first-order chi connectivity index (χ1) is 11.6. The van der Waals surface area contributed by atoms with Crippen LogP contribution in [-0.4, -0.2) is 41.6 Å². The van der Waals surface area contributed by atoms with E-state index < -0.39 is 0 Å². The van der Waals surface area contributed by atoms with E-state index in [0.717, 1.165) is 31.7 Å². The summed E-state index contributed by atoms with van der Waals surface area (Å²) in [5.41, 5.74) is 2.44. The second-order valence-corrected chi connectivity index (χ2v) is 7.54. The quantitative estimate of drug-likeness (QED) is 0.919. The number of hydrogen-bond acceptors (Lipinski definition) is 3. The number of aromatic hydroxyl groups is 1. The zero-order valence-electron chi connectivity index (χ0n) is 13.9. The van der Waals surface area contributed by atoms with E-state index in [-0.39, 0.29) is 5.75 Å². The molecule has 0 amide bonds. The number of hydrogen-bond donors (Lipinski definition) is 1. The molecule has 3 atom stereocenters. The minimum absolute atomic E-state index is 0.176. The summed E-state index contributed by atoms with van der Waals surface area (Å²) in [4.78, 5) is 4.99. The molecule has 2 aliphatic rings. The van der Waals surface area contributed by atoms with Crippen molar-refractivity contribution in [1.29, 1.82) is 0 Å². The van der Waals surface area contributed by atoms with Gasteiger partial charge < -0.3 is 5.11 Å². The van der Waals surface area contributed by atoms with Gasteiger partial charge in [0, 0.05) is 32.2 Å². The molecule has 2 saturated heterocycles. The van der Waals surface area contributed by atoms with Gasteiger partial charge in [-0.2, -0.15) is 0 Å². The van der Waals surface area contributed by atoms with E-state index in [1.165, 1.54) is 5.56 Å². The van der Waals surface area contributed by atoms with Gasteiger partial charge in [0.25, 0.3) is 0 Å². The maximum Gasteiger partial charge on any atom is 0.134 e. The summed E-state index contributed by atoms with van der Waals surface area (Å²) in [6, 6.07) is 16.9. The largest absolute Gasteiger partial charge is 0.506 e. The van der Waals surface area contributed by atoms with Gasteiger partial charge in [-0.25, -0.2) is 0 Å². The molecular formula is C20H23ClN2O. The number of likely N-dealkylation sites (tertiary alicyclic amines) is 2. The Bertz CT molecular complexity index is 721. The second-order valence-electron chi connectivity index (χ2n) is 7.16. The van der Waals surface area contributed by atoms with Gasteiger partial charge >= 0.3 is 0 Å². The zero-order chi connectivity index (χ0) is 16.7. The fourth-order valence-electron chi connectivity index (χ4n) is 4.56. The molecule has 0 bridgehead atoms. The molecular weight excluding hydrogens is 320 g/mol. The van der Waals surface area contributed by atoms with Gasteiger partial charge in [-0.3, -0.25) is 9.80 Å². The van der Waals surface area contributed by atoms with E-state index in [0.29, 0.717) is 22.9 Å². The van der Waals surface area contributed by atoms with Crippen molar-refractivity contribution in [2.75, 3.05) is 26.7 Å². The molecule has 4 heteroatoms. The van der Waals surface area contributed by atoms with Crippen LogP contribution in [0.3, 0.4) is 0 Å². The molecule has 0 aromatic heterocycles. The van der Waals surface area contributed by atoms with E-state index in [9.17, 15) is 5.11 Å². The summed E-state index contributed by atoms with van der Waals surface area (Å²) in [6.07, 6.45) is 0. The molecule has 2 aliphatic heterocycles. The Morgan fingerprint density at radius 1 is 1.04 bits per heavy atom. The standard InChI is InChI=1S/C20H23ClN2O/c1-22-10-16-12-23(11-15-8-5-9-18(24)19(15)21)13-17(16)20(22)14-6-3-2-4-7-14/h2-9,16-17,20,24H,10-13H2,1H3/t16-,17+,20-/m0/s1. The third-order valence-electron chi connectivity index (χ3n) is 5.56. The van der Waals surface area contributed by atoms with Crippen LogP contribution >= 0.6 is 11.6 Å². The van der Waals surface area contributed by atoms with Crippen LogP contribution in [0.2, 0.25) is 5.02 Å². The molecule has 4 rings (SSSR count). The molecule has 126 valence electrons. The van der Waals surface area contributed by atoms with Gasteiger partial charge in [0.05, 0.1) is 5.02 Å². The number of phenols is 1. The van der Waals surface area contributed by atoms with Gasteiger partial charge in [0.2, 0.25) is 0 Å². The third kappa shape index (κ3) is 2.81. The smallest absolute Gasteiger partial charge is 0.134 e. The lowest BCUT2D eigenvalue weighted by molar-refractivity contribution is 0.224. The van der Waals surface area contributed by atoms with E-state index in [4.69, 9.17) is 11.6 Å². The Labute approximate surface area is 148 Å². The Balaban J connectivity index is 1.51. The van der Waals surface area contributed by atoms with Crippen molar-refractivity contribution in [3.8, 4) is 5.75 Å². The third-order valence-corrected chi connectivity index (χ3v) is 6.00. The average Bonchev–Trinajstić information content (AvgIpc) is 3.08. The molecule has 24 heavy (non-hydrogen) atoms. The molecule has 0 radical (unpaired) electrons. The summed E-state index contributed by atoms with van der Waals surface area (Å²) in [5, 5.41) is 10.3. The first-order valence-electron chi connectivity index (χ1n) is 8.57. The van der Waals surface area contributed by atoms with E-state index in [1.807, 2.05) is 12.1 Å². The monoisotopic (exact) mass is 342 g/mol. The van der Waals surface area contributed by atoms with Crippen molar-refractivity contribution in [3.05, 3.63) is 64.7 Å². The van der Waals surface area contributed by atoms with Gasteiger partial charge in [0.15, 0.2) is 0 Å². The van der Waals surface area contributed by atoms with Crippen molar-refractivity contribution in [1.82, 2.24) is 9.80 Å². The van der Waals surface area contributed by atoms with E-state index in [1.54, 1.807) is 6.07 Å². The normalized spacial score (nSPS) is 27.5. The number of phenolic OH excluding ortho intramolecular Hbond substituents is 1. The van der Waals surface area contributed by atoms with Crippen molar-refractivity contribution >= 4 is 11.6 Å². The van der Waals surface area contributed by atoms with Gasteiger partial charge in [-0.1, -0.05) is 54.1 Å². The highest BCUT2D eigenvalue weighted by atomic mass is 35.5. The Morgan fingerprint density at radius 3 is 2.62 bits per heavy atom. The highest BCUT2D eigenvalue weighted by Gasteiger charge is 2.45.